The van der Waals surface area contributed by atoms with Crippen molar-refractivity contribution in [2.75, 3.05) is 7.11 Å². The zero-order chi connectivity index (χ0) is 4.99. The average Bonchev–Trinajstić information content (AvgIpc) is 1.65. The Balaban J connectivity index is 0. The normalized spacial score (nSPS) is 12.4. The molecule has 0 spiro atoms. The minimum atomic E-state index is -0.176. The number of hydrogen-bond acceptors (Lipinski definition) is 2. The van der Waals surface area contributed by atoms with E-state index in [0.29, 0.717) is 0 Å². The van der Waals surface area contributed by atoms with Crippen molar-refractivity contribution in [3.05, 3.63) is 7.11 Å². The zero-order valence-electron chi connectivity index (χ0n) is 4.51. The average molecular weight is 273 g/mol. The van der Waals surface area contributed by atoms with E-state index in [9.17, 15) is 0 Å². The molecule has 0 saturated carbocycles. The zero-order valence-corrected chi connectivity index (χ0v) is 7.44. The van der Waals surface area contributed by atoms with Crippen LogP contribution in [0.3, 0.4) is 0 Å². The van der Waals surface area contributed by atoms with Gasteiger partial charge in [0.1, 0.15) is 6.29 Å². The van der Waals surface area contributed by atoms with Crippen molar-refractivity contribution in [2.45, 2.75) is 13.2 Å². The number of rotatable bonds is 2. The van der Waals surface area contributed by atoms with Crippen LogP contribution < -0.4 is 0 Å². The summed E-state index contributed by atoms with van der Waals surface area (Å²) in [5.74, 6) is 0. The topological polar surface area (TPSA) is 18.5 Å². The quantitative estimate of drug-likeness (QED) is 0.547. The summed E-state index contributed by atoms with van der Waals surface area (Å²) in [6.07, 6.45) is -0.176. The molecule has 0 aromatic carbocycles. The third-order valence-electron chi connectivity index (χ3n) is 0.567. The molecule has 0 aromatic heterocycles. The molecule has 3 heteroatoms. The second-order valence-electron chi connectivity index (χ2n) is 0.970. The first-order chi connectivity index (χ1) is 2.81. The summed E-state index contributed by atoms with van der Waals surface area (Å²) in [6.45, 7) is 1.77. The van der Waals surface area contributed by atoms with Crippen LogP contribution in [0.4, 0.5) is 0 Å². The van der Waals surface area contributed by atoms with Crippen LogP contribution in [0.2, 0.25) is 0 Å². The van der Waals surface area contributed by atoms with Crippen molar-refractivity contribution in [1.29, 1.82) is 0 Å². The Labute approximate surface area is 58.4 Å². The number of hydrogen-bond donors (Lipinski definition) is 0. The Bertz CT molecular complexity index is 28.9. The molecule has 0 amide bonds. The Morgan fingerprint density at radius 3 is 2.00 bits per heavy atom. The fraction of sp³-hybridized carbons (Fsp3) is 0.750. The molecule has 0 aliphatic carbocycles. The molecule has 0 saturated heterocycles. The largest absolute Gasteiger partial charge is 2.00 e. The summed E-state index contributed by atoms with van der Waals surface area (Å²) in [6, 6.07) is 0. The Morgan fingerprint density at radius 2 is 2.00 bits per heavy atom. The first-order valence-electron chi connectivity index (χ1n) is 1.75. The van der Waals surface area contributed by atoms with Crippen LogP contribution in [0, 0.1) is 7.11 Å². The Morgan fingerprint density at radius 1 is 1.57 bits per heavy atom. The van der Waals surface area contributed by atoms with Crippen LogP contribution in [-0.2, 0) is 30.5 Å². The van der Waals surface area contributed by atoms with Gasteiger partial charge in [0.15, 0.2) is 0 Å². The van der Waals surface area contributed by atoms with Crippen molar-refractivity contribution in [1.82, 2.24) is 0 Å². The summed E-state index contributed by atoms with van der Waals surface area (Å²) in [5, 5.41) is 0. The second kappa shape index (κ2) is 6.61. The predicted octanol–water partition coefficient (Wildman–Crippen LogP) is 0.784. The van der Waals surface area contributed by atoms with Gasteiger partial charge in [-0.2, -0.15) is 0 Å². The van der Waals surface area contributed by atoms with Crippen molar-refractivity contribution in [2.24, 2.45) is 0 Å². The summed E-state index contributed by atoms with van der Waals surface area (Å²) in [5.41, 5.74) is 0. The Kier molecular flexibility index (Phi) is 9.97. The van der Waals surface area contributed by atoms with Gasteiger partial charge in [0.05, 0.1) is 0 Å². The number of methoxy groups -OCH3 is 1. The van der Waals surface area contributed by atoms with Crippen LogP contribution in [0.1, 0.15) is 6.92 Å². The summed E-state index contributed by atoms with van der Waals surface area (Å²) in [4.78, 5) is 0. The summed E-state index contributed by atoms with van der Waals surface area (Å²) < 4.78 is 9.04. The van der Waals surface area contributed by atoms with Crippen LogP contribution in [0.5, 0.6) is 0 Å². The minimum Gasteiger partial charge on any atom is -0.533 e. The number of ether oxygens (including phenoxy) is 2. The van der Waals surface area contributed by atoms with Gasteiger partial charge in [0, 0.05) is 7.11 Å². The van der Waals surface area contributed by atoms with Crippen molar-refractivity contribution < 1.29 is 30.5 Å². The monoisotopic (exact) mass is 273 g/mol. The third-order valence-corrected chi connectivity index (χ3v) is 0.567. The second-order valence-corrected chi connectivity index (χ2v) is 0.970. The molecule has 0 heterocycles. The van der Waals surface area contributed by atoms with Crippen molar-refractivity contribution in [3.8, 4) is 0 Å². The molecule has 1 atom stereocenters. The van der Waals surface area contributed by atoms with Crippen LogP contribution in [0.15, 0.2) is 0 Å². The van der Waals surface area contributed by atoms with Gasteiger partial charge in [-0.15, -0.1) is 0 Å². The molecule has 0 rings (SSSR count). The molecule has 0 aliphatic heterocycles. The third kappa shape index (κ3) is 6.61. The molecule has 0 aliphatic rings. The maximum absolute atomic E-state index is 4.61. The van der Waals surface area contributed by atoms with Gasteiger partial charge < -0.3 is 9.47 Å². The van der Waals surface area contributed by atoms with Gasteiger partial charge in [-0.05, 0) is 6.92 Å². The van der Waals surface area contributed by atoms with Gasteiger partial charge in [-0.25, -0.2) is 7.11 Å². The van der Waals surface area contributed by atoms with Gasteiger partial charge in [0.2, 0.25) is 0 Å². The van der Waals surface area contributed by atoms with E-state index < -0.39 is 0 Å². The molecular formula is C4H9O2W+. The molecule has 2 nitrogen and oxygen atoms in total. The van der Waals surface area contributed by atoms with Crippen LogP contribution >= 0.6 is 0 Å². The van der Waals surface area contributed by atoms with Crippen LogP contribution in [-0.4, -0.2) is 13.4 Å². The minimum absolute atomic E-state index is 0. The molecule has 1 unspecified atom stereocenters. The SMILES string of the molecule is [CH2-]OC(C)OC.[W+2]. The smallest absolute Gasteiger partial charge is 0.533 e. The van der Waals surface area contributed by atoms with Crippen molar-refractivity contribution >= 4 is 0 Å². The molecule has 0 bridgehead atoms. The van der Waals surface area contributed by atoms with E-state index in [-0.39, 0.29) is 27.4 Å². The molecule has 0 radical (unpaired) electrons. The molecule has 0 fully saturated rings. The maximum atomic E-state index is 4.61. The Hall–Kier alpha value is 0.608. The standard InChI is InChI=1S/C4H9O2.W/c1-4(5-2)6-3;/h4H,2H2,1,3H3;/q-1;+2. The fourth-order valence-electron chi connectivity index (χ4n) is 0.0680. The molecule has 7 heavy (non-hydrogen) atoms. The van der Waals surface area contributed by atoms with E-state index in [0.717, 1.165) is 0 Å². The first kappa shape index (κ1) is 10.6. The van der Waals surface area contributed by atoms with E-state index in [1.54, 1.807) is 14.0 Å². The first-order valence-corrected chi connectivity index (χ1v) is 1.75. The predicted molar refractivity (Wildman–Crippen MR) is 22.9 cm³/mol. The van der Waals surface area contributed by atoms with Gasteiger partial charge >= 0.3 is 21.1 Å². The van der Waals surface area contributed by atoms with Gasteiger partial charge in [0.25, 0.3) is 0 Å². The fourth-order valence-corrected chi connectivity index (χ4v) is 0.0680. The van der Waals surface area contributed by atoms with Gasteiger partial charge in [-0.1, -0.05) is 0 Å². The maximum Gasteiger partial charge on any atom is 2.00 e. The molecule has 42 valence electrons. The van der Waals surface area contributed by atoms with E-state index in [4.69, 9.17) is 0 Å². The molecule has 0 N–H and O–H groups in total. The van der Waals surface area contributed by atoms with E-state index in [1.807, 2.05) is 0 Å². The summed E-state index contributed by atoms with van der Waals surface area (Å²) in [7, 11) is 4.70. The molecule has 0 aromatic rings. The van der Waals surface area contributed by atoms with Gasteiger partial charge in [-0.3, -0.25) is 0 Å². The van der Waals surface area contributed by atoms with Crippen LogP contribution in [0.25, 0.3) is 0 Å². The summed E-state index contributed by atoms with van der Waals surface area (Å²) >= 11 is 0. The van der Waals surface area contributed by atoms with E-state index in [2.05, 4.69) is 16.6 Å². The van der Waals surface area contributed by atoms with E-state index in [1.165, 1.54) is 0 Å². The van der Waals surface area contributed by atoms with E-state index >= 15 is 0 Å². The van der Waals surface area contributed by atoms with Crippen molar-refractivity contribution in [3.63, 3.8) is 0 Å². The molecular weight excluding hydrogens is 264 g/mol.